The van der Waals surface area contributed by atoms with Gasteiger partial charge in [0, 0.05) is 11.1 Å². The van der Waals surface area contributed by atoms with E-state index in [0.29, 0.717) is 18.3 Å². The highest BCUT2D eigenvalue weighted by Crippen LogP contribution is 2.32. The lowest BCUT2D eigenvalue weighted by Gasteiger charge is -2.12. The van der Waals surface area contributed by atoms with E-state index in [1.165, 1.54) is 0 Å². The van der Waals surface area contributed by atoms with Gasteiger partial charge in [-0.2, -0.15) is 0 Å². The van der Waals surface area contributed by atoms with Gasteiger partial charge in [-0.05, 0) is 40.6 Å². The summed E-state index contributed by atoms with van der Waals surface area (Å²) in [5.74, 6) is 0.524. The van der Waals surface area contributed by atoms with Gasteiger partial charge in [0.05, 0.1) is 0 Å². The van der Waals surface area contributed by atoms with Gasteiger partial charge in [-0.3, -0.25) is 0 Å². The molecule has 0 amide bonds. The molecular weight excluding hydrogens is 386 g/mol. The van der Waals surface area contributed by atoms with Crippen LogP contribution >= 0.6 is 0 Å². The molecule has 0 aliphatic carbocycles. The van der Waals surface area contributed by atoms with Crippen molar-refractivity contribution in [3.8, 4) is 5.75 Å². The Morgan fingerprint density at radius 2 is 1.52 bits per heavy atom. The zero-order valence-electron chi connectivity index (χ0n) is 16.7. The van der Waals surface area contributed by atoms with E-state index in [1.54, 1.807) is 6.08 Å². The molecule has 31 heavy (non-hydrogen) atoms. The fraction of sp³-hybridized carbons (Fsp3) is 0.0370. The number of benzene rings is 4. The highest BCUT2D eigenvalue weighted by Gasteiger charge is 2.25. The molecule has 0 radical (unpaired) electrons. The van der Waals surface area contributed by atoms with Crippen LogP contribution in [-0.2, 0) is 16.1 Å². The molecule has 0 unspecified atom stereocenters. The highest BCUT2D eigenvalue weighted by molar-refractivity contribution is 6.13. The van der Waals surface area contributed by atoms with Crippen LogP contribution < -0.4 is 4.74 Å². The van der Waals surface area contributed by atoms with Crippen LogP contribution in [0.5, 0.6) is 5.75 Å². The third-order valence-electron chi connectivity index (χ3n) is 5.09. The Labute approximate surface area is 180 Å². The first-order chi connectivity index (χ1) is 15.3. The fourth-order valence-electron chi connectivity index (χ4n) is 3.54. The first-order valence-corrected chi connectivity index (χ1v) is 10.0. The standard InChI is InChI=1S/C27H19NO3/c29-27-24(28-26(31-27)21-12-5-2-6-13-21)17-23-22-14-8-7-11-20(22)15-16-25(23)30-18-19-9-3-1-4-10-19/h1-17H,18H2/b24-17-. The lowest BCUT2D eigenvalue weighted by Crippen LogP contribution is -2.05. The number of aliphatic imine (C=N–C) groups is 1. The van der Waals surface area contributed by atoms with E-state index in [1.807, 2.05) is 97.1 Å². The van der Waals surface area contributed by atoms with Crippen LogP contribution in [0.25, 0.3) is 16.8 Å². The molecule has 4 aromatic carbocycles. The molecule has 0 atom stereocenters. The summed E-state index contributed by atoms with van der Waals surface area (Å²) >= 11 is 0. The van der Waals surface area contributed by atoms with Crippen molar-refractivity contribution >= 4 is 28.7 Å². The van der Waals surface area contributed by atoms with Gasteiger partial charge in [-0.25, -0.2) is 9.79 Å². The molecule has 150 valence electrons. The molecule has 1 aliphatic rings. The lowest BCUT2D eigenvalue weighted by molar-refractivity contribution is -0.129. The first kappa shape index (κ1) is 18.8. The number of carbonyl (C=O) groups is 1. The molecule has 0 spiro atoms. The quantitative estimate of drug-likeness (QED) is 0.313. The number of esters is 1. The van der Waals surface area contributed by atoms with Crippen LogP contribution in [0.3, 0.4) is 0 Å². The summed E-state index contributed by atoms with van der Waals surface area (Å²) in [7, 11) is 0. The molecule has 0 bridgehead atoms. The summed E-state index contributed by atoms with van der Waals surface area (Å²) in [6.07, 6.45) is 1.75. The predicted molar refractivity (Wildman–Crippen MR) is 122 cm³/mol. The molecule has 1 aliphatic heterocycles. The number of ether oxygens (including phenoxy) is 2. The number of hydrogen-bond donors (Lipinski definition) is 0. The predicted octanol–water partition coefficient (Wildman–Crippen LogP) is 5.76. The van der Waals surface area contributed by atoms with Gasteiger partial charge in [0.1, 0.15) is 12.4 Å². The van der Waals surface area contributed by atoms with Crippen molar-refractivity contribution in [2.24, 2.45) is 4.99 Å². The fourth-order valence-corrected chi connectivity index (χ4v) is 3.54. The van der Waals surface area contributed by atoms with Crippen molar-refractivity contribution in [2.75, 3.05) is 0 Å². The Morgan fingerprint density at radius 1 is 0.806 bits per heavy atom. The molecule has 1 heterocycles. The number of cyclic esters (lactones) is 1. The Bertz CT molecular complexity index is 1310. The smallest absolute Gasteiger partial charge is 0.363 e. The zero-order valence-corrected chi connectivity index (χ0v) is 16.7. The van der Waals surface area contributed by atoms with E-state index in [0.717, 1.165) is 27.5 Å². The second kappa shape index (κ2) is 8.28. The van der Waals surface area contributed by atoms with Gasteiger partial charge in [0.2, 0.25) is 5.90 Å². The average molecular weight is 405 g/mol. The summed E-state index contributed by atoms with van der Waals surface area (Å²) in [5, 5.41) is 2.04. The monoisotopic (exact) mass is 405 g/mol. The van der Waals surface area contributed by atoms with E-state index >= 15 is 0 Å². The molecule has 0 saturated carbocycles. The third-order valence-corrected chi connectivity index (χ3v) is 5.09. The highest BCUT2D eigenvalue weighted by atomic mass is 16.6. The van der Waals surface area contributed by atoms with Crippen molar-refractivity contribution in [3.63, 3.8) is 0 Å². The number of rotatable bonds is 5. The Hall–Kier alpha value is -4.18. The van der Waals surface area contributed by atoms with Gasteiger partial charge in [0.25, 0.3) is 0 Å². The molecule has 5 rings (SSSR count). The van der Waals surface area contributed by atoms with Gasteiger partial charge < -0.3 is 9.47 Å². The minimum atomic E-state index is -0.471. The average Bonchev–Trinajstić information content (AvgIpc) is 3.20. The maximum absolute atomic E-state index is 12.5. The summed E-state index contributed by atoms with van der Waals surface area (Å²) in [4.78, 5) is 17.0. The molecular formula is C27H19NO3. The summed E-state index contributed by atoms with van der Waals surface area (Å²) in [6, 6.07) is 31.3. The number of carbonyl (C=O) groups excluding carboxylic acids is 1. The van der Waals surface area contributed by atoms with E-state index in [-0.39, 0.29) is 5.70 Å². The SMILES string of the molecule is O=C1OC(c2ccccc2)=N/C1=C\c1c(OCc2ccccc2)ccc2ccccc12. The van der Waals surface area contributed by atoms with E-state index in [9.17, 15) is 4.79 Å². The van der Waals surface area contributed by atoms with Crippen LogP contribution in [0.2, 0.25) is 0 Å². The largest absolute Gasteiger partial charge is 0.488 e. The summed E-state index contributed by atoms with van der Waals surface area (Å²) in [6.45, 7) is 0.429. The summed E-state index contributed by atoms with van der Waals surface area (Å²) in [5.41, 5.74) is 2.88. The maximum Gasteiger partial charge on any atom is 0.363 e. The van der Waals surface area contributed by atoms with Crippen molar-refractivity contribution < 1.29 is 14.3 Å². The molecule has 0 saturated heterocycles. The minimum absolute atomic E-state index is 0.250. The van der Waals surface area contributed by atoms with Gasteiger partial charge in [-0.15, -0.1) is 0 Å². The van der Waals surface area contributed by atoms with Crippen LogP contribution in [0, 0.1) is 0 Å². The van der Waals surface area contributed by atoms with Crippen molar-refractivity contribution in [3.05, 3.63) is 119 Å². The molecule has 4 heteroatoms. The number of nitrogens with zero attached hydrogens (tertiary/aromatic N) is 1. The van der Waals surface area contributed by atoms with Crippen molar-refractivity contribution in [1.29, 1.82) is 0 Å². The Balaban J connectivity index is 1.56. The molecule has 4 nitrogen and oxygen atoms in total. The second-order valence-electron chi connectivity index (χ2n) is 7.17. The van der Waals surface area contributed by atoms with Crippen molar-refractivity contribution in [2.45, 2.75) is 6.61 Å². The van der Waals surface area contributed by atoms with Gasteiger partial charge in [0.15, 0.2) is 5.70 Å². The summed E-state index contributed by atoms with van der Waals surface area (Å²) < 4.78 is 11.6. The molecule has 0 aromatic heterocycles. The number of hydrogen-bond acceptors (Lipinski definition) is 4. The normalized spacial score (nSPS) is 14.5. The number of fused-ring (bicyclic) bond motifs is 1. The van der Waals surface area contributed by atoms with Crippen LogP contribution in [0.4, 0.5) is 0 Å². The Morgan fingerprint density at radius 3 is 2.32 bits per heavy atom. The third kappa shape index (κ3) is 3.96. The zero-order chi connectivity index (χ0) is 21.0. The van der Waals surface area contributed by atoms with Gasteiger partial charge in [-0.1, -0.05) is 78.9 Å². The van der Waals surface area contributed by atoms with Crippen molar-refractivity contribution in [1.82, 2.24) is 0 Å². The van der Waals surface area contributed by atoms with E-state index < -0.39 is 5.97 Å². The topological polar surface area (TPSA) is 47.9 Å². The molecule has 0 fully saturated rings. The molecule has 0 N–H and O–H groups in total. The second-order valence-corrected chi connectivity index (χ2v) is 7.17. The van der Waals surface area contributed by atoms with Crippen LogP contribution in [0.1, 0.15) is 16.7 Å². The minimum Gasteiger partial charge on any atom is -0.488 e. The first-order valence-electron chi connectivity index (χ1n) is 10.0. The lowest BCUT2D eigenvalue weighted by atomic mass is 10.0. The van der Waals surface area contributed by atoms with Gasteiger partial charge >= 0.3 is 5.97 Å². The van der Waals surface area contributed by atoms with Crippen LogP contribution in [-0.4, -0.2) is 11.9 Å². The van der Waals surface area contributed by atoms with Crippen LogP contribution in [0.15, 0.2) is 108 Å². The maximum atomic E-state index is 12.5. The van der Waals surface area contributed by atoms with E-state index in [2.05, 4.69) is 4.99 Å². The van der Waals surface area contributed by atoms with E-state index in [4.69, 9.17) is 9.47 Å². The molecule has 4 aromatic rings. The Kier molecular flexibility index (Phi) is 5.03.